The number of urea groups is 2. The first-order valence-electron chi connectivity index (χ1n) is 11.0. The zero-order valence-corrected chi connectivity index (χ0v) is 19.6. The lowest BCUT2D eigenvalue weighted by Gasteiger charge is -2.25. The van der Waals surface area contributed by atoms with E-state index in [1.54, 1.807) is 0 Å². The van der Waals surface area contributed by atoms with Crippen LogP contribution in [0.15, 0.2) is 0 Å². The number of carbonyl (C=O) groups excluding carboxylic acids is 3. The van der Waals surface area contributed by atoms with E-state index in [-0.39, 0.29) is 41.6 Å². The van der Waals surface area contributed by atoms with Crippen LogP contribution >= 0.6 is 0 Å². The zero-order chi connectivity index (χ0) is 22.8. The van der Waals surface area contributed by atoms with Gasteiger partial charge in [-0.25, -0.2) is 9.59 Å². The molecule has 0 aromatic carbocycles. The normalized spacial score (nSPS) is 15.0. The molecule has 5 amide bonds. The Labute approximate surface area is 181 Å². The van der Waals surface area contributed by atoms with Crippen LogP contribution in [0.1, 0.15) is 67.2 Å². The minimum Gasteiger partial charge on any atom is -0.352 e. The minimum atomic E-state index is -0.310. The predicted molar refractivity (Wildman–Crippen MR) is 119 cm³/mol. The third-order valence-corrected chi connectivity index (χ3v) is 4.49. The number of nitrogens with zero attached hydrogens (tertiary/aromatic N) is 1. The van der Waals surface area contributed by atoms with Crippen molar-refractivity contribution < 1.29 is 14.4 Å². The summed E-state index contributed by atoms with van der Waals surface area (Å²) in [5.74, 6) is -0.0137. The Morgan fingerprint density at radius 1 is 0.800 bits per heavy atom. The van der Waals surface area contributed by atoms with Gasteiger partial charge < -0.3 is 26.6 Å². The first kappa shape index (κ1) is 26.0. The third kappa shape index (κ3) is 13.2. The second kappa shape index (κ2) is 12.0. The van der Waals surface area contributed by atoms with E-state index in [1.807, 2.05) is 46.4 Å². The quantitative estimate of drug-likeness (QED) is 0.385. The van der Waals surface area contributed by atoms with E-state index in [2.05, 4.69) is 26.6 Å². The van der Waals surface area contributed by atoms with Gasteiger partial charge in [0.25, 0.3) is 0 Å². The van der Waals surface area contributed by atoms with Crippen LogP contribution in [0.25, 0.3) is 0 Å². The molecule has 0 aromatic rings. The van der Waals surface area contributed by atoms with Crippen LogP contribution < -0.4 is 26.6 Å². The fourth-order valence-corrected chi connectivity index (χ4v) is 3.24. The molecule has 1 aliphatic rings. The Balaban J connectivity index is 2.47. The van der Waals surface area contributed by atoms with Gasteiger partial charge in [0, 0.05) is 43.3 Å². The number of rotatable bonds is 9. The van der Waals surface area contributed by atoms with Gasteiger partial charge in [-0.3, -0.25) is 9.69 Å². The maximum absolute atomic E-state index is 12.4. The maximum atomic E-state index is 12.4. The average Bonchev–Trinajstić information content (AvgIpc) is 3.03. The molecular weight excluding hydrogens is 384 g/mol. The van der Waals surface area contributed by atoms with Crippen molar-refractivity contribution in [2.45, 2.75) is 84.3 Å². The third-order valence-electron chi connectivity index (χ3n) is 4.49. The van der Waals surface area contributed by atoms with Crippen LogP contribution in [0.2, 0.25) is 0 Å². The summed E-state index contributed by atoms with van der Waals surface area (Å²) in [6.07, 6.45) is 4.39. The lowest BCUT2D eigenvalue weighted by molar-refractivity contribution is -0.122. The molecule has 1 rings (SSSR count). The van der Waals surface area contributed by atoms with Gasteiger partial charge in [0.15, 0.2) is 0 Å². The van der Waals surface area contributed by atoms with Crippen LogP contribution in [0.4, 0.5) is 9.59 Å². The fraction of sp³-hybridized carbons (Fsp3) is 0.857. The summed E-state index contributed by atoms with van der Waals surface area (Å²) in [5.41, 5.74) is -0.620. The van der Waals surface area contributed by atoms with E-state index in [4.69, 9.17) is 0 Å². The van der Waals surface area contributed by atoms with Crippen molar-refractivity contribution in [2.24, 2.45) is 0 Å². The van der Waals surface area contributed by atoms with Crippen LogP contribution in [-0.2, 0) is 4.79 Å². The van der Waals surface area contributed by atoms with Gasteiger partial charge in [0.1, 0.15) is 0 Å². The molecular formula is C21H42N6O3. The Kier molecular flexibility index (Phi) is 10.4. The minimum absolute atomic E-state index is 0.0137. The van der Waals surface area contributed by atoms with Crippen molar-refractivity contribution in [2.75, 3.05) is 32.7 Å². The highest BCUT2D eigenvalue weighted by atomic mass is 16.2. The molecule has 0 atom stereocenters. The number of hydrogen-bond donors (Lipinski definition) is 5. The van der Waals surface area contributed by atoms with Crippen LogP contribution in [0.3, 0.4) is 0 Å². The highest BCUT2D eigenvalue weighted by molar-refractivity contribution is 5.78. The smallest absolute Gasteiger partial charge is 0.315 e. The second-order valence-corrected chi connectivity index (χ2v) is 10.1. The molecule has 1 saturated carbocycles. The van der Waals surface area contributed by atoms with Crippen LogP contribution in [0, 0.1) is 0 Å². The number of hydrogen-bond acceptors (Lipinski definition) is 4. The van der Waals surface area contributed by atoms with Gasteiger partial charge in [-0.2, -0.15) is 0 Å². The van der Waals surface area contributed by atoms with Crippen molar-refractivity contribution in [1.82, 2.24) is 31.5 Å². The topological polar surface area (TPSA) is 115 Å². The lowest BCUT2D eigenvalue weighted by Crippen LogP contribution is -2.51. The maximum Gasteiger partial charge on any atom is 0.315 e. The van der Waals surface area contributed by atoms with Gasteiger partial charge in [-0.15, -0.1) is 0 Å². The summed E-state index contributed by atoms with van der Waals surface area (Å²) in [4.78, 5) is 38.3. The second-order valence-electron chi connectivity index (χ2n) is 10.1. The Morgan fingerprint density at radius 3 is 1.63 bits per heavy atom. The molecule has 0 aliphatic heterocycles. The summed E-state index contributed by atoms with van der Waals surface area (Å²) < 4.78 is 0. The lowest BCUT2D eigenvalue weighted by atomic mass is 10.1. The molecule has 0 bridgehead atoms. The van der Waals surface area contributed by atoms with Crippen molar-refractivity contribution in [3.63, 3.8) is 0 Å². The SMILES string of the molecule is CC(C)(C)NC(=O)NCCN(CCNC(=O)NC(C)(C)C)CC(=O)NC1CCCC1. The molecule has 30 heavy (non-hydrogen) atoms. The highest BCUT2D eigenvalue weighted by Crippen LogP contribution is 2.17. The molecule has 1 fully saturated rings. The summed E-state index contributed by atoms with van der Waals surface area (Å²) in [6, 6.07) is -0.202. The van der Waals surface area contributed by atoms with Gasteiger partial charge in [0.2, 0.25) is 5.91 Å². The van der Waals surface area contributed by atoms with E-state index < -0.39 is 0 Å². The predicted octanol–water partition coefficient (Wildman–Crippen LogP) is 1.54. The van der Waals surface area contributed by atoms with Crippen molar-refractivity contribution >= 4 is 18.0 Å². The summed E-state index contributed by atoms with van der Waals surface area (Å²) in [5, 5.41) is 14.4. The van der Waals surface area contributed by atoms with Crippen LogP contribution in [0.5, 0.6) is 0 Å². The van der Waals surface area contributed by atoms with E-state index in [1.165, 1.54) is 0 Å². The Morgan fingerprint density at radius 2 is 1.23 bits per heavy atom. The van der Waals surface area contributed by atoms with Crippen molar-refractivity contribution in [3.8, 4) is 0 Å². The highest BCUT2D eigenvalue weighted by Gasteiger charge is 2.20. The molecule has 1 aliphatic carbocycles. The van der Waals surface area contributed by atoms with Crippen molar-refractivity contribution in [1.29, 1.82) is 0 Å². The molecule has 0 unspecified atom stereocenters. The van der Waals surface area contributed by atoms with Crippen molar-refractivity contribution in [3.05, 3.63) is 0 Å². The van der Waals surface area contributed by atoms with Gasteiger partial charge in [0.05, 0.1) is 6.54 Å². The van der Waals surface area contributed by atoms with Gasteiger partial charge >= 0.3 is 12.1 Å². The first-order chi connectivity index (χ1) is 13.8. The molecule has 0 heterocycles. The van der Waals surface area contributed by atoms with E-state index in [9.17, 15) is 14.4 Å². The number of amides is 5. The van der Waals surface area contributed by atoms with Gasteiger partial charge in [-0.1, -0.05) is 12.8 Å². The number of nitrogens with one attached hydrogen (secondary N) is 5. The van der Waals surface area contributed by atoms with E-state index in [0.29, 0.717) is 26.2 Å². The zero-order valence-electron chi connectivity index (χ0n) is 19.6. The molecule has 0 aromatic heterocycles. The molecule has 0 saturated heterocycles. The van der Waals surface area contributed by atoms with E-state index in [0.717, 1.165) is 25.7 Å². The number of carbonyl (C=O) groups is 3. The summed E-state index contributed by atoms with van der Waals surface area (Å²) >= 11 is 0. The molecule has 0 radical (unpaired) electrons. The molecule has 9 heteroatoms. The molecule has 0 spiro atoms. The summed E-state index contributed by atoms with van der Waals surface area (Å²) in [6.45, 7) is 13.6. The van der Waals surface area contributed by atoms with Crippen LogP contribution in [-0.4, -0.2) is 72.7 Å². The summed E-state index contributed by atoms with van der Waals surface area (Å²) in [7, 11) is 0. The molecule has 5 N–H and O–H groups in total. The molecule has 9 nitrogen and oxygen atoms in total. The monoisotopic (exact) mass is 426 g/mol. The standard InChI is InChI=1S/C21H42N6O3/c1-20(2,3)25-18(29)22-11-13-27(14-12-23-19(30)26-21(4,5)6)15-17(28)24-16-9-7-8-10-16/h16H,7-15H2,1-6H3,(H,24,28)(H2,22,25,29)(H2,23,26,30). The first-order valence-corrected chi connectivity index (χ1v) is 11.0. The Bertz CT molecular complexity index is 528. The van der Waals surface area contributed by atoms with E-state index >= 15 is 0 Å². The average molecular weight is 427 g/mol. The fourth-order valence-electron chi connectivity index (χ4n) is 3.24. The largest absolute Gasteiger partial charge is 0.352 e. The molecule has 174 valence electrons. The van der Waals surface area contributed by atoms with Gasteiger partial charge in [-0.05, 0) is 54.4 Å². The Hall–Kier alpha value is -2.03.